The minimum atomic E-state index is -0.459. The Morgan fingerprint density at radius 2 is 1.56 bits per heavy atom. The van der Waals surface area contributed by atoms with E-state index in [0.29, 0.717) is 15.6 Å². The van der Waals surface area contributed by atoms with E-state index < -0.39 is 5.25 Å². The molecule has 1 aromatic heterocycles. The van der Waals surface area contributed by atoms with Gasteiger partial charge >= 0.3 is 0 Å². The van der Waals surface area contributed by atoms with Gasteiger partial charge in [-0.2, -0.15) is 0 Å². The topological polar surface area (TPSA) is 68.0 Å². The smallest absolute Gasteiger partial charge is 0.277 e. The van der Waals surface area contributed by atoms with Gasteiger partial charge in [-0.05, 0) is 36.2 Å². The summed E-state index contributed by atoms with van der Waals surface area (Å²) >= 11 is 13.4. The maximum atomic E-state index is 13.0. The Bertz CT molecular complexity index is 1160. The molecule has 0 fully saturated rings. The van der Waals surface area contributed by atoms with Crippen molar-refractivity contribution in [3.63, 3.8) is 0 Å². The van der Waals surface area contributed by atoms with E-state index in [1.165, 1.54) is 11.8 Å². The summed E-state index contributed by atoms with van der Waals surface area (Å²) in [6, 6.07) is 24.5. The summed E-state index contributed by atoms with van der Waals surface area (Å²) in [6.45, 7) is 1.80. The molecule has 3 aromatic carbocycles. The molecule has 0 aliphatic rings. The molecular formula is C24H19Cl2N3O2S. The molecule has 5 nitrogen and oxygen atoms in total. The van der Waals surface area contributed by atoms with Gasteiger partial charge in [0.05, 0.1) is 21.9 Å². The summed E-state index contributed by atoms with van der Waals surface area (Å²) in [6.07, 6.45) is 0. The predicted molar refractivity (Wildman–Crippen MR) is 128 cm³/mol. The molecular weight excluding hydrogens is 465 g/mol. The van der Waals surface area contributed by atoms with Crippen LogP contribution in [0.5, 0.6) is 0 Å². The molecule has 1 unspecified atom stereocenters. The Morgan fingerprint density at radius 1 is 0.938 bits per heavy atom. The Morgan fingerprint density at radius 3 is 2.16 bits per heavy atom. The van der Waals surface area contributed by atoms with E-state index >= 15 is 0 Å². The number of carbonyl (C=O) groups is 1. The molecule has 8 heteroatoms. The van der Waals surface area contributed by atoms with Gasteiger partial charge < -0.3 is 9.73 Å². The highest BCUT2D eigenvalue weighted by Crippen LogP contribution is 2.32. The average Bonchev–Trinajstić information content (AvgIpc) is 3.26. The normalized spacial score (nSPS) is 12.0. The molecule has 4 rings (SSSR count). The molecule has 0 saturated heterocycles. The van der Waals surface area contributed by atoms with Crippen molar-refractivity contribution in [3.05, 3.63) is 100 Å². The van der Waals surface area contributed by atoms with E-state index in [1.807, 2.05) is 60.7 Å². The van der Waals surface area contributed by atoms with E-state index in [9.17, 15) is 4.79 Å². The fourth-order valence-corrected chi connectivity index (χ4v) is 4.33. The summed E-state index contributed by atoms with van der Waals surface area (Å²) in [5.74, 6) is 0.130. The Labute approximate surface area is 200 Å². The number of thioether (sulfide) groups is 1. The Hall–Kier alpha value is -2.80. The monoisotopic (exact) mass is 483 g/mol. The van der Waals surface area contributed by atoms with E-state index in [0.717, 1.165) is 11.1 Å². The van der Waals surface area contributed by atoms with E-state index in [4.69, 9.17) is 27.6 Å². The molecule has 0 saturated carbocycles. The lowest BCUT2D eigenvalue weighted by Crippen LogP contribution is -2.34. The molecule has 32 heavy (non-hydrogen) atoms. The van der Waals surface area contributed by atoms with E-state index in [2.05, 4.69) is 15.5 Å². The van der Waals surface area contributed by atoms with Gasteiger partial charge in [0.25, 0.3) is 5.22 Å². The standard InChI is InChI=1S/C24H19Cl2N3O2S/c1-15(32-24-29-28-23(31-24)19-13-12-18(25)14-20(19)26)22(30)27-21(16-8-4-2-5-9-16)17-10-6-3-7-11-17/h2-15,21H,1H3,(H,27,30). The molecule has 162 valence electrons. The molecule has 1 N–H and O–H groups in total. The number of nitrogens with zero attached hydrogens (tertiary/aromatic N) is 2. The molecule has 1 amide bonds. The Balaban J connectivity index is 1.48. The first-order valence-corrected chi connectivity index (χ1v) is 11.5. The van der Waals surface area contributed by atoms with Gasteiger partial charge in [0.1, 0.15) is 0 Å². The first kappa shape index (κ1) is 22.4. The number of rotatable bonds is 7. The summed E-state index contributed by atoms with van der Waals surface area (Å²) < 4.78 is 5.72. The number of hydrogen-bond acceptors (Lipinski definition) is 5. The molecule has 1 heterocycles. The number of halogens is 2. The van der Waals surface area contributed by atoms with Crippen molar-refractivity contribution in [2.75, 3.05) is 0 Å². The fraction of sp³-hybridized carbons (Fsp3) is 0.125. The third-order valence-electron chi connectivity index (χ3n) is 4.77. The Kier molecular flexibility index (Phi) is 7.15. The highest BCUT2D eigenvalue weighted by atomic mass is 35.5. The van der Waals surface area contributed by atoms with Gasteiger partial charge in [-0.3, -0.25) is 4.79 Å². The predicted octanol–water partition coefficient (Wildman–Crippen LogP) is 6.43. The minimum absolute atomic E-state index is 0.142. The molecule has 0 aliphatic carbocycles. The fourth-order valence-electron chi connectivity index (χ4n) is 3.14. The average molecular weight is 484 g/mol. The summed E-state index contributed by atoms with van der Waals surface area (Å²) in [5, 5.41) is 12.0. The zero-order chi connectivity index (χ0) is 22.5. The zero-order valence-electron chi connectivity index (χ0n) is 17.0. The van der Waals surface area contributed by atoms with Crippen LogP contribution in [-0.4, -0.2) is 21.4 Å². The quantitative estimate of drug-likeness (QED) is 0.306. The van der Waals surface area contributed by atoms with Crippen LogP contribution < -0.4 is 5.32 Å². The van der Waals surface area contributed by atoms with Gasteiger partial charge in [-0.1, -0.05) is 95.6 Å². The van der Waals surface area contributed by atoms with Gasteiger partial charge in [0.15, 0.2) is 0 Å². The third kappa shape index (κ3) is 5.33. The van der Waals surface area contributed by atoms with Gasteiger partial charge in [0, 0.05) is 5.02 Å². The van der Waals surface area contributed by atoms with Crippen LogP contribution in [0, 0.1) is 0 Å². The molecule has 0 aliphatic heterocycles. The molecule has 4 aromatic rings. The SMILES string of the molecule is CC(Sc1nnc(-c2ccc(Cl)cc2Cl)o1)C(=O)NC(c1ccccc1)c1ccccc1. The number of aromatic nitrogens is 2. The van der Waals surface area contributed by atoms with Crippen molar-refractivity contribution in [1.29, 1.82) is 0 Å². The summed E-state index contributed by atoms with van der Waals surface area (Å²) in [5.41, 5.74) is 2.59. The molecule has 1 atom stereocenters. The summed E-state index contributed by atoms with van der Waals surface area (Å²) in [7, 11) is 0. The number of amides is 1. The third-order valence-corrected chi connectivity index (χ3v) is 6.25. The second-order valence-electron chi connectivity index (χ2n) is 7.02. The maximum absolute atomic E-state index is 13.0. The highest BCUT2D eigenvalue weighted by molar-refractivity contribution is 8.00. The van der Waals surface area contributed by atoms with Gasteiger partial charge in [-0.15, -0.1) is 10.2 Å². The number of hydrogen-bond donors (Lipinski definition) is 1. The van der Waals surface area contributed by atoms with Crippen LogP contribution in [0.15, 0.2) is 88.5 Å². The lowest BCUT2D eigenvalue weighted by atomic mass is 9.98. The second kappa shape index (κ2) is 10.2. The highest BCUT2D eigenvalue weighted by Gasteiger charge is 2.23. The van der Waals surface area contributed by atoms with Crippen LogP contribution in [0.3, 0.4) is 0 Å². The van der Waals surface area contributed by atoms with Crippen LogP contribution in [0.4, 0.5) is 0 Å². The van der Waals surface area contributed by atoms with Crippen LogP contribution in [0.25, 0.3) is 11.5 Å². The lowest BCUT2D eigenvalue weighted by molar-refractivity contribution is -0.120. The van der Waals surface area contributed by atoms with Gasteiger partial charge in [0.2, 0.25) is 11.8 Å². The van der Waals surface area contributed by atoms with Crippen LogP contribution in [0.2, 0.25) is 10.0 Å². The minimum Gasteiger partial charge on any atom is -0.411 e. The zero-order valence-corrected chi connectivity index (χ0v) is 19.4. The lowest BCUT2D eigenvalue weighted by Gasteiger charge is -2.21. The largest absolute Gasteiger partial charge is 0.411 e. The van der Waals surface area contributed by atoms with Gasteiger partial charge in [-0.25, -0.2) is 0 Å². The second-order valence-corrected chi connectivity index (χ2v) is 9.16. The first-order chi connectivity index (χ1) is 15.5. The molecule has 0 bridgehead atoms. The van der Waals surface area contributed by atoms with Crippen molar-refractivity contribution < 1.29 is 9.21 Å². The summed E-state index contributed by atoms with van der Waals surface area (Å²) in [4.78, 5) is 13.0. The van der Waals surface area contributed by atoms with Crippen molar-refractivity contribution in [2.45, 2.75) is 23.4 Å². The van der Waals surface area contributed by atoms with Crippen molar-refractivity contribution in [2.24, 2.45) is 0 Å². The van der Waals surface area contributed by atoms with Crippen LogP contribution in [-0.2, 0) is 4.79 Å². The van der Waals surface area contributed by atoms with E-state index in [-0.39, 0.29) is 23.1 Å². The maximum Gasteiger partial charge on any atom is 0.277 e. The van der Waals surface area contributed by atoms with Crippen molar-refractivity contribution >= 4 is 40.9 Å². The number of benzene rings is 3. The molecule has 0 radical (unpaired) electrons. The van der Waals surface area contributed by atoms with Crippen LogP contribution in [0.1, 0.15) is 24.1 Å². The number of carbonyl (C=O) groups excluding carboxylic acids is 1. The van der Waals surface area contributed by atoms with Crippen molar-refractivity contribution in [1.82, 2.24) is 15.5 Å². The molecule has 0 spiro atoms. The van der Waals surface area contributed by atoms with Crippen molar-refractivity contribution in [3.8, 4) is 11.5 Å². The van der Waals surface area contributed by atoms with Crippen LogP contribution >= 0.6 is 35.0 Å². The number of nitrogens with one attached hydrogen (secondary N) is 1. The first-order valence-electron chi connectivity index (χ1n) is 9.87. The van der Waals surface area contributed by atoms with E-state index in [1.54, 1.807) is 25.1 Å².